The van der Waals surface area contributed by atoms with Crippen LogP contribution in [0.25, 0.3) is 0 Å². The summed E-state index contributed by atoms with van der Waals surface area (Å²) in [6, 6.07) is 0. The van der Waals surface area contributed by atoms with Crippen LogP contribution in [0.4, 0.5) is 0 Å². The Morgan fingerprint density at radius 3 is 2.43 bits per heavy atom. The van der Waals surface area contributed by atoms with E-state index in [0.29, 0.717) is 5.92 Å². The second-order valence-electron chi connectivity index (χ2n) is 5.04. The van der Waals surface area contributed by atoms with Gasteiger partial charge >= 0.3 is 0 Å². The van der Waals surface area contributed by atoms with Crippen LogP contribution in [0, 0.1) is 5.92 Å². The Hall–Kier alpha value is -0.300. The summed E-state index contributed by atoms with van der Waals surface area (Å²) >= 11 is 0. The van der Waals surface area contributed by atoms with Crippen molar-refractivity contribution in [1.29, 1.82) is 0 Å². The highest BCUT2D eigenvalue weighted by atomic mass is 16.3. The molecule has 1 heteroatoms. The Morgan fingerprint density at radius 2 is 2.00 bits per heavy atom. The molecule has 0 radical (unpaired) electrons. The summed E-state index contributed by atoms with van der Waals surface area (Å²) in [6.45, 7) is 10.6. The minimum Gasteiger partial charge on any atom is -0.390 e. The van der Waals surface area contributed by atoms with Gasteiger partial charge in [0.15, 0.2) is 0 Å². The van der Waals surface area contributed by atoms with E-state index in [1.54, 1.807) is 0 Å². The van der Waals surface area contributed by atoms with Gasteiger partial charge in [-0.3, -0.25) is 0 Å². The maximum absolute atomic E-state index is 10.1. The number of hydrogen-bond donors (Lipinski definition) is 1. The maximum atomic E-state index is 10.1. The van der Waals surface area contributed by atoms with E-state index in [-0.39, 0.29) is 0 Å². The van der Waals surface area contributed by atoms with Gasteiger partial charge in [-0.2, -0.15) is 0 Å². The average Bonchev–Trinajstić information content (AvgIpc) is 2.11. The van der Waals surface area contributed by atoms with Crippen molar-refractivity contribution in [3.63, 3.8) is 0 Å². The van der Waals surface area contributed by atoms with Crippen molar-refractivity contribution in [1.82, 2.24) is 0 Å². The fourth-order valence-electron chi connectivity index (χ4n) is 1.24. The maximum Gasteiger partial charge on any atom is 0.0654 e. The van der Waals surface area contributed by atoms with Gasteiger partial charge in [-0.15, -0.1) is 0 Å². The molecule has 0 fully saturated rings. The van der Waals surface area contributed by atoms with Crippen LogP contribution in [0.2, 0.25) is 0 Å². The molecule has 1 unspecified atom stereocenters. The molecule has 0 bridgehead atoms. The average molecular weight is 198 g/mol. The van der Waals surface area contributed by atoms with Crippen LogP contribution >= 0.6 is 0 Å². The quantitative estimate of drug-likeness (QED) is 0.641. The molecule has 0 aromatic heterocycles. The third kappa shape index (κ3) is 7.14. The highest BCUT2D eigenvalue weighted by Crippen LogP contribution is 2.21. The molecule has 0 aromatic carbocycles. The molecule has 0 amide bonds. The number of hydrogen-bond acceptors (Lipinski definition) is 1. The SMILES string of the molecule is CC/C(C)=C/CC(C)(O)CCC(C)C. The summed E-state index contributed by atoms with van der Waals surface area (Å²) in [7, 11) is 0. The van der Waals surface area contributed by atoms with Crippen molar-refractivity contribution in [2.24, 2.45) is 5.92 Å². The van der Waals surface area contributed by atoms with Crippen LogP contribution in [0.15, 0.2) is 11.6 Å². The molecule has 84 valence electrons. The van der Waals surface area contributed by atoms with Gasteiger partial charge in [0.1, 0.15) is 0 Å². The second-order valence-corrected chi connectivity index (χ2v) is 5.04. The molecule has 1 nitrogen and oxygen atoms in total. The zero-order valence-electron chi connectivity index (χ0n) is 10.4. The fraction of sp³-hybridized carbons (Fsp3) is 0.846. The molecule has 0 saturated heterocycles. The van der Waals surface area contributed by atoms with Gasteiger partial charge in [0, 0.05) is 0 Å². The molecule has 0 aliphatic heterocycles. The minimum atomic E-state index is -0.513. The Morgan fingerprint density at radius 1 is 1.43 bits per heavy atom. The number of allylic oxidation sites excluding steroid dienone is 1. The minimum absolute atomic E-state index is 0.513. The summed E-state index contributed by atoms with van der Waals surface area (Å²) in [6.07, 6.45) is 6.05. The lowest BCUT2D eigenvalue weighted by atomic mass is 9.91. The standard InChI is InChI=1S/C13H26O/c1-6-12(4)8-10-13(5,14)9-7-11(2)3/h8,11,14H,6-7,9-10H2,1-5H3/b12-8+. The van der Waals surface area contributed by atoms with Crippen LogP contribution in [-0.2, 0) is 0 Å². The molecule has 0 spiro atoms. The van der Waals surface area contributed by atoms with Crippen molar-refractivity contribution >= 4 is 0 Å². The lowest BCUT2D eigenvalue weighted by Crippen LogP contribution is -2.23. The molecule has 0 aliphatic rings. The molecular formula is C13H26O. The van der Waals surface area contributed by atoms with Gasteiger partial charge in [0.25, 0.3) is 0 Å². The van der Waals surface area contributed by atoms with Crippen LogP contribution in [0.3, 0.4) is 0 Å². The molecule has 1 atom stereocenters. The molecule has 1 N–H and O–H groups in total. The number of aliphatic hydroxyl groups is 1. The molecule has 0 aliphatic carbocycles. The molecule has 14 heavy (non-hydrogen) atoms. The van der Waals surface area contributed by atoms with Gasteiger partial charge in [-0.25, -0.2) is 0 Å². The highest BCUT2D eigenvalue weighted by molar-refractivity contribution is 4.99. The Kier molecular flexibility index (Phi) is 6.10. The topological polar surface area (TPSA) is 20.2 Å². The van der Waals surface area contributed by atoms with E-state index in [0.717, 1.165) is 25.7 Å². The monoisotopic (exact) mass is 198 g/mol. The zero-order chi connectivity index (χ0) is 11.2. The van der Waals surface area contributed by atoms with E-state index in [1.165, 1.54) is 5.57 Å². The van der Waals surface area contributed by atoms with E-state index in [4.69, 9.17) is 0 Å². The highest BCUT2D eigenvalue weighted by Gasteiger charge is 2.18. The normalized spacial score (nSPS) is 17.2. The summed E-state index contributed by atoms with van der Waals surface area (Å²) in [5, 5.41) is 10.1. The third-order valence-corrected chi connectivity index (χ3v) is 2.71. The third-order valence-electron chi connectivity index (χ3n) is 2.71. The zero-order valence-corrected chi connectivity index (χ0v) is 10.4. The predicted octanol–water partition coefficient (Wildman–Crippen LogP) is 3.92. The lowest BCUT2D eigenvalue weighted by Gasteiger charge is -2.22. The first-order valence-corrected chi connectivity index (χ1v) is 5.75. The van der Waals surface area contributed by atoms with Crippen molar-refractivity contribution in [3.05, 3.63) is 11.6 Å². The first-order valence-electron chi connectivity index (χ1n) is 5.75. The summed E-state index contributed by atoms with van der Waals surface area (Å²) in [4.78, 5) is 0. The Labute approximate surface area is 89.2 Å². The fourth-order valence-corrected chi connectivity index (χ4v) is 1.24. The van der Waals surface area contributed by atoms with Gasteiger partial charge in [-0.05, 0) is 45.4 Å². The largest absolute Gasteiger partial charge is 0.390 e. The van der Waals surface area contributed by atoms with Crippen molar-refractivity contribution < 1.29 is 5.11 Å². The van der Waals surface area contributed by atoms with Gasteiger partial charge in [0.2, 0.25) is 0 Å². The van der Waals surface area contributed by atoms with E-state index >= 15 is 0 Å². The lowest BCUT2D eigenvalue weighted by molar-refractivity contribution is 0.0482. The summed E-state index contributed by atoms with van der Waals surface area (Å²) < 4.78 is 0. The van der Waals surface area contributed by atoms with E-state index in [2.05, 4.69) is 33.8 Å². The van der Waals surface area contributed by atoms with Crippen LogP contribution in [0.5, 0.6) is 0 Å². The van der Waals surface area contributed by atoms with Crippen LogP contribution in [-0.4, -0.2) is 10.7 Å². The Balaban J connectivity index is 3.94. The number of rotatable bonds is 6. The first kappa shape index (κ1) is 13.7. The van der Waals surface area contributed by atoms with Gasteiger partial charge in [0.05, 0.1) is 5.60 Å². The van der Waals surface area contributed by atoms with Gasteiger partial charge in [-0.1, -0.05) is 32.4 Å². The van der Waals surface area contributed by atoms with Crippen molar-refractivity contribution in [2.45, 2.75) is 65.9 Å². The Bertz CT molecular complexity index is 178. The molecule has 0 saturated carbocycles. The second kappa shape index (κ2) is 6.23. The van der Waals surface area contributed by atoms with E-state index in [9.17, 15) is 5.11 Å². The molecular weight excluding hydrogens is 172 g/mol. The summed E-state index contributed by atoms with van der Waals surface area (Å²) in [5.41, 5.74) is 0.857. The molecule has 0 rings (SSSR count). The summed E-state index contributed by atoms with van der Waals surface area (Å²) in [5.74, 6) is 0.678. The first-order chi connectivity index (χ1) is 6.37. The van der Waals surface area contributed by atoms with Crippen LogP contribution in [0.1, 0.15) is 60.3 Å². The van der Waals surface area contributed by atoms with Crippen molar-refractivity contribution in [3.8, 4) is 0 Å². The van der Waals surface area contributed by atoms with Gasteiger partial charge < -0.3 is 5.11 Å². The predicted molar refractivity (Wildman–Crippen MR) is 63.4 cm³/mol. The smallest absolute Gasteiger partial charge is 0.0654 e. The van der Waals surface area contributed by atoms with E-state index in [1.807, 2.05) is 6.92 Å². The van der Waals surface area contributed by atoms with E-state index < -0.39 is 5.60 Å². The molecule has 0 aromatic rings. The molecule has 0 heterocycles. The van der Waals surface area contributed by atoms with Crippen LogP contribution < -0.4 is 0 Å². The van der Waals surface area contributed by atoms with Crippen molar-refractivity contribution in [2.75, 3.05) is 0 Å².